The van der Waals surface area contributed by atoms with Gasteiger partial charge >= 0.3 is 6.18 Å². The first kappa shape index (κ1) is 14.5. The van der Waals surface area contributed by atoms with Crippen molar-refractivity contribution in [3.05, 3.63) is 65.6 Å². The second kappa shape index (κ2) is 5.06. The van der Waals surface area contributed by atoms with Gasteiger partial charge < -0.3 is 5.11 Å². The molecule has 0 aliphatic rings. The molecule has 0 saturated carbocycles. The first-order chi connectivity index (χ1) is 10.4. The summed E-state index contributed by atoms with van der Waals surface area (Å²) in [6, 6.07) is 2.16. The maximum Gasteiger partial charge on any atom is 0.416 e. The largest absolute Gasteiger partial charge is 0.416 e. The van der Waals surface area contributed by atoms with E-state index in [2.05, 4.69) is 9.97 Å². The van der Waals surface area contributed by atoms with Crippen LogP contribution in [0.5, 0.6) is 0 Å². The lowest BCUT2D eigenvalue weighted by Crippen LogP contribution is -2.14. The molecule has 0 spiro atoms. The van der Waals surface area contributed by atoms with E-state index < -0.39 is 29.2 Å². The van der Waals surface area contributed by atoms with Crippen molar-refractivity contribution in [2.45, 2.75) is 12.3 Å². The molecule has 0 radical (unpaired) electrons. The molecule has 2 heterocycles. The average Bonchev–Trinajstić information content (AvgIpc) is 2.89. The molecule has 0 bridgehead atoms. The van der Waals surface area contributed by atoms with Crippen molar-refractivity contribution in [2.24, 2.45) is 0 Å². The summed E-state index contributed by atoms with van der Waals surface area (Å²) in [7, 11) is 0. The normalized spacial score (nSPS) is 13.5. The Morgan fingerprint density at radius 1 is 1.18 bits per heavy atom. The van der Waals surface area contributed by atoms with E-state index in [1.165, 1.54) is 29.2 Å². The summed E-state index contributed by atoms with van der Waals surface area (Å²) in [5.74, 6) is -1.02. The van der Waals surface area contributed by atoms with Gasteiger partial charge in [-0.05, 0) is 17.7 Å². The number of benzene rings is 1. The highest BCUT2D eigenvalue weighted by molar-refractivity contribution is 5.42. The Morgan fingerprint density at radius 3 is 2.68 bits per heavy atom. The molecule has 0 amide bonds. The van der Waals surface area contributed by atoms with E-state index in [1.807, 2.05) is 0 Å². The summed E-state index contributed by atoms with van der Waals surface area (Å²) in [6.07, 6.45) is -0.829. The molecule has 1 N–H and O–H groups in total. The van der Waals surface area contributed by atoms with E-state index in [1.54, 1.807) is 0 Å². The van der Waals surface area contributed by atoms with Crippen LogP contribution in [0.2, 0.25) is 0 Å². The van der Waals surface area contributed by atoms with Crippen LogP contribution in [0.4, 0.5) is 17.6 Å². The molecule has 2 aromatic heterocycles. The Hall–Kier alpha value is -2.48. The molecule has 0 saturated heterocycles. The second-order valence-corrected chi connectivity index (χ2v) is 4.62. The van der Waals surface area contributed by atoms with Gasteiger partial charge in [0.15, 0.2) is 5.65 Å². The highest BCUT2D eigenvalue weighted by Crippen LogP contribution is 2.37. The van der Waals surface area contributed by atoms with Crippen molar-refractivity contribution in [1.29, 1.82) is 0 Å². The Balaban J connectivity index is 2.15. The molecule has 114 valence electrons. The molecular formula is C14H9F4N3O. The first-order valence-electron chi connectivity index (χ1n) is 6.19. The molecule has 0 aliphatic carbocycles. The first-order valence-corrected chi connectivity index (χ1v) is 6.19. The molecule has 22 heavy (non-hydrogen) atoms. The Morgan fingerprint density at radius 2 is 1.95 bits per heavy atom. The number of halogens is 4. The zero-order valence-corrected chi connectivity index (χ0v) is 10.9. The molecule has 0 fully saturated rings. The number of alkyl halides is 3. The fraction of sp³-hybridized carbons (Fsp3) is 0.143. The third-order valence-corrected chi connectivity index (χ3v) is 3.24. The summed E-state index contributed by atoms with van der Waals surface area (Å²) in [5, 5.41) is 10.3. The molecule has 0 aliphatic heterocycles. The number of aromatic nitrogens is 3. The van der Waals surface area contributed by atoms with Crippen LogP contribution in [0.1, 0.15) is 22.9 Å². The summed E-state index contributed by atoms with van der Waals surface area (Å²) in [5.41, 5.74) is -1.14. The maximum atomic E-state index is 13.1. The van der Waals surface area contributed by atoms with Gasteiger partial charge in [0.1, 0.15) is 11.9 Å². The van der Waals surface area contributed by atoms with Crippen LogP contribution >= 0.6 is 0 Å². The smallest absolute Gasteiger partial charge is 0.382 e. The average molecular weight is 311 g/mol. The summed E-state index contributed by atoms with van der Waals surface area (Å²) < 4.78 is 53.6. The van der Waals surface area contributed by atoms with Crippen molar-refractivity contribution in [3.8, 4) is 0 Å². The minimum absolute atomic E-state index is 0.134. The molecule has 1 aromatic carbocycles. The summed E-state index contributed by atoms with van der Waals surface area (Å²) in [6.45, 7) is 0. The summed E-state index contributed by atoms with van der Waals surface area (Å²) >= 11 is 0. The van der Waals surface area contributed by atoms with Gasteiger partial charge in [0.05, 0.1) is 23.7 Å². The van der Waals surface area contributed by atoms with Gasteiger partial charge in [-0.25, -0.2) is 9.37 Å². The Kier molecular flexibility index (Phi) is 3.32. The van der Waals surface area contributed by atoms with Gasteiger partial charge in [0, 0.05) is 12.4 Å². The van der Waals surface area contributed by atoms with Gasteiger partial charge in [-0.3, -0.25) is 9.38 Å². The van der Waals surface area contributed by atoms with Crippen LogP contribution < -0.4 is 0 Å². The Bertz CT molecular complexity index is 828. The lowest BCUT2D eigenvalue weighted by Gasteiger charge is -2.17. The van der Waals surface area contributed by atoms with Crippen molar-refractivity contribution >= 4 is 5.65 Å². The van der Waals surface area contributed by atoms with E-state index in [0.717, 1.165) is 12.1 Å². The van der Waals surface area contributed by atoms with E-state index in [9.17, 15) is 22.7 Å². The minimum atomic E-state index is -4.78. The molecule has 3 aromatic rings. The molecule has 4 nitrogen and oxygen atoms in total. The molecule has 8 heteroatoms. The van der Waals surface area contributed by atoms with Crippen LogP contribution in [0.25, 0.3) is 5.65 Å². The number of nitrogens with zero attached hydrogens (tertiary/aromatic N) is 3. The van der Waals surface area contributed by atoms with Crippen LogP contribution in [-0.2, 0) is 6.18 Å². The van der Waals surface area contributed by atoms with E-state index in [0.29, 0.717) is 11.7 Å². The lowest BCUT2D eigenvalue weighted by atomic mass is 10.00. The number of hydrogen-bond acceptors (Lipinski definition) is 3. The number of hydrogen-bond donors (Lipinski definition) is 1. The van der Waals surface area contributed by atoms with Gasteiger partial charge in [-0.15, -0.1) is 0 Å². The molecule has 1 unspecified atom stereocenters. The predicted octanol–water partition coefficient (Wildman–Crippen LogP) is 2.97. The van der Waals surface area contributed by atoms with Gasteiger partial charge in [-0.2, -0.15) is 13.2 Å². The summed E-state index contributed by atoms with van der Waals surface area (Å²) in [4.78, 5) is 7.79. The standard InChI is InChI=1S/C14H9F4N3O/c15-8-1-2-9(10(5-8)14(16,17)18)13(22)11-6-20-12-7-19-3-4-21(11)12/h1-7,13,22H. The van der Waals surface area contributed by atoms with Crippen molar-refractivity contribution < 1.29 is 22.7 Å². The number of aliphatic hydroxyl groups is 1. The maximum absolute atomic E-state index is 13.1. The SMILES string of the molecule is OC(c1ccc(F)cc1C(F)(F)F)c1cnc2cnccn12. The van der Waals surface area contributed by atoms with Gasteiger partial charge in [0.25, 0.3) is 0 Å². The highest BCUT2D eigenvalue weighted by Gasteiger charge is 2.36. The zero-order chi connectivity index (χ0) is 15.9. The second-order valence-electron chi connectivity index (χ2n) is 4.62. The molecular weight excluding hydrogens is 302 g/mol. The van der Waals surface area contributed by atoms with Crippen LogP contribution in [0.15, 0.2) is 43.0 Å². The number of imidazole rings is 1. The van der Waals surface area contributed by atoms with E-state index in [-0.39, 0.29) is 5.69 Å². The lowest BCUT2D eigenvalue weighted by molar-refractivity contribution is -0.139. The third kappa shape index (κ3) is 2.41. The Labute approximate surface area is 121 Å². The minimum Gasteiger partial charge on any atom is -0.382 e. The third-order valence-electron chi connectivity index (χ3n) is 3.24. The molecule has 1 atom stereocenters. The molecule has 3 rings (SSSR count). The van der Waals surface area contributed by atoms with Crippen LogP contribution in [0, 0.1) is 5.82 Å². The van der Waals surface area contributed by atoms with Crippen LogP contribution in [-0.4, -0.2) is 19.5 Å². The van der Waals surface area contributed by atoms with Crippen LogP contribution in [0.3, 0.4) is 0 Å². The van der Waals surface area contributed by atoms with Gasteiger partial charge in [0.2, 0.25) is 0 Å². The highest BCUT2D eigenvalue weighted by atomic mass is 19.4. The quantitative estimate of drug-likeness (QED) is 0.740. The monoisotopic (exact) mass is 311 g/mol. The van der Waals surface area contributed by atoms with Crippen molar-refractivity contribution in [3.63, 3.8) is 0 Å². The fourth-order valence-electron chi connectivity index (χ4n) is 2.24. The fourth-order valence-corrected chi connectivity index (χ4v) is 2.24. The topological polar surface area (TPSA) is 50.4 Å². The number of aliphatic hydroxyl groups excluding tert-OH is 1. The predicted molar refractivity (Wildman–Crippen MR) is 68.5 cm³/mol. The van der Waals surface area contributed by atoms with Crippen molar-refractivity contribution in [2.75, 3.05) is 0 Å². The van der Waals surface area contributed by atoms with E-state index >= 15 is 0 Å². The van der Waals surface area contributed by atoms with Crippen molar-refractivity contribution in [1.82, 2.24) is 14.4 Å². The zero-order valence-electron chi connectivity index (χ0n) is 10.9. The van der Waals surface area contributed by atoms with E-state index in [4.69, 9.17) is 0 Å². The number of rotatable bonds is 2. The van der Waals surface area contributed by atoms with Gasteiger partial charge in [-0.1, -0.05) is 6.07 Å². The number of fused-ring (bicyclic) bond motifs is 1.